The maximum Gasteiger partial charge on any atom is 0.227 e. The van der Waals surface area contributed by atoms with Gasteiger partial charge < -0.3 is 5.32 Å². The Kier molecular flexibility index (Phi) is 3.61. The number of aryl methyl sites for hydroxylation is 1. The second kappa shape index (κ2) is 5.46. The Hall–Kier alpha value is -1.60. The maximum absolute atomic E-state index is 13.0. The number of fused-ring (bicyclic) bond motifs is 1. The summed E-state index contributed by atoms with van der Waals surface area (Å²) in [6, 6.07) is 1.94. The summed E-state index contributed by atoms with van der Waals surface area (Å²) in [5.41, 5.74) is 3.05. The van der Waals surface area contributed by atoms with Crippen molar-refractivity contribution < 1.29 is 4.79 Å². The summed E-state index contributed by atoms with van der Waals surface area (Å²) in [6.45, 7) is 6.39. The zero-order chi connectivity index (χ0) is 17.1. The minimum absolute atomic E-state index is 0.0253. The lowest BCUT2D eigenvalue weighted by atomic mass is 9.73. The van der Waals surface area contributed by atoms with E-state index >= 15 is 0 Å². The van der Waals surface area contributed by atoms with E-state index in [1.54, 1.807) is 11.3 Å². The van der Waals surface area contributed by atoms with Crippen LogP contribution < -0.4 is 5.32 Å². The van der Waals surface area contributed by atoms with Crippen LogP contribution >= 0.6 is 23.1 Å². The standard InChI is InChI=1S/C17H20N4OS2/c1-9-5-6-24-14(9)13-12-10(7-17(2,3)8-11(12)22)18-15-19-16(23-4)20-21(13)15/h5-6,13H,7-8H2,1-4H3,(H,18,19,20). The highest BCUT2D eigenvalue weighted by molar-refractivity contribution is 7.98. The van der Waals surface area contributed by atoms with Crippen molar-refractivity contribution in [2.75, 3.05) is 11.6 Å². The van der Waals surface area contributed by atoms with Gasteiger partial charge in [-0.15, -0.1) is 16.4 Å². The molecule has 126 valence electrons. The van der Waals surface area contributed by atoms with E-state index in [0.717, 1.165) is 28.8 Å². The molecule has 1 atom stereocenters. The lowest BCUT2D eigenvalue weighted by molar-refractivity contribution is -0.118. The number of ketones is 1. The fraction of sp³-hybridized carbons (Fsp3) is 0.471. The van der Waals surface area contributed by atoms with Gasteiger partial charge in [0, 0.05) is 22.6 Å². The molecule has 1 aliphatic carbocycles. The second-order valence-electron chi connectivity index (χ2n) is 7.20. The van der Waals surface area contributed by atoms with Crippen LogP contribution in [0, 0.1) is 12.3 Å². The summed E-state index contributed by atoms with van der Waals surface area (Å²) in [7, 11) is 0. The fourth-order valence-corrected chi connectivity index (χ4v) is 4.95. The van der Waals surface area contributed by atoms with Gasteiger partial charge in [-0.25, -0.2) is 4.68 Å². The van der Waals surface area contributed by atoms with E-state index < -0.39 is 0 Å². The first-order valence-corrected chi connectivity index (χ1v) is 10.1. The molecule has 0 spiro atoms. The van der Waals surface area contributed by atoms with Crippen molar-refractivity contribution >= 4 is 34.8 Å². The van der Waals surface area contributed by atoms with Crippen molar-refractivity contribution in [3.63, 3.8) is 0 Å². The Morgan fingerprint density at radius 1 is 1.42 bits per heavy atom. The average Bonchev–Trinajstić information content (AvgIpc) is 3.09. The van der Waals surface area contributed by atoms with Crippen LogP contribution in [0.1, 0.15) is 43.2 Å². The summed E-state index contributed by atoms with van der Waals surface area (Å²) in [4.78, 5) is 18.7. The smallest absolute Gasteiger partial charge is 0.227 e. The number of thioether (sulfide) groups is 1. The van der Waals surface area contributed by atoms with E-state index in [2.05, 4.69) is 47.6 Å². The molecule has 5 nitrogen and oxygen atoms in total. The summed E-state index contributed by atoms with van der Waals surface area (Å²) in [5.74, 6) is 0.958. The van der Waals surface area contributed by atoms with Crippen LogP contribution in [0.3, 0.4) is 0 Å². The maximum atomic E-state index is 13.0. The number of rotatable bonds is 2. The van der Waals surface area contributed by atoms with Crippen molar-refractivity contribution in [3.8, 4) is 0 Å². The zero-order valence-electron chi connectivity index (χ0n) is 14.2. The Bertz CT molecular complexity index is 862. The molecule has 0 amide bonds. The zero-order valence-corrected chi connectivity index (χ0v) is 15.8. The monoisotopic (exact) mass is 360 g/mol. The second-order valence-corrected chi connectivity index (χ2v) is 8.92. The van der Waals surface area contributed by atoms with Crippen molar-refractivity contribution in [1.82, 2.24) is 14.8 Å². The molecular formula is C17H20N4OS2. The number of anilines is 1. The molecule has 24 heavy (non-hydrogen) atoms. The van der Waals surface area contributed by atoms with Gasteiger partial charge in [-0.1, -0.05) is 25.6 Å². The SMILES string of the molecule is CSc1nc2n(n1)C(c1sccc1C)C1=C(CC(C)(C)CC1=O)N2. The highest BCUT2D eigenvalue weighted by Crippen LogP contribution is 2.46. The fourth-order valence-electron chi connectivity index (χ4n) is 3.58. The van der Waals surface area contributed by atoms with Crippen LogP contribution in [0.2, 0.25) is 0 Å². The first-order chi connectivity index (χ1) is 11.4. The predicted molar refractivity (Wildman–Crippen MR) is 97.7 cm³/mol. The number of Topliss-reactive ketones (excluding diaryl/α,β-unsaturated/α-hetero) is 1. The molecule has 0 saturated heterocycles. The van der Waals surface area contributed by atoms with Gasteiger partial charge in [0.15, 0.2) is 5.78 Å². The Morgan fingerprint density at radius 2 is 2.21 bits per heavy atom. The summed E-state index contributed by atoms with van der Waals surface area (Å²) >= 11 is 3.20. The average molecular weight is 361 g/mol. The van der Waals surface area contributed by atoms with Gasteiger partial charge in [0.2, 0.25) is 11.1 Å². The molecule has 0 fully saturated rings. The molecule has 0 saturated carbocycles. The van der Waals surface area contributed by atoms with Crippen LogP contribution in [0.25, 0.3) is 0 Å². The molecule has 2 aliphatic rings. The van der Waals surface area contributed by atoms with Crippen LogP contribution in [0.15, 0.2) is 27.9 Å². The van der Waals surface area contributed by atoms with Crippen molar-refractivity contribution in [1.29, 1.82) is 0 Å². The third kappa shape index (κ3) is 2.41. The van der Waals surface area contributed by atoms with Crippen LogP contribution in [0.4, 0.5) is 5.95 Å². The van der Waals surface area contributed by atoms with Crippen LogP contribution in [-0.2, 0) is 4.79 Å². The molecule has 1 aliphatic heterocycles. The summed E-state index contributed by atoms with van der Waals surface area (Å²) in [6.07, 6.45) is 3.40. The van der Waals surface area contributed by atoms with E-state index in [0.29, 0.717) is 6.42 Å². The lowest BCUT2D eigenvalue weighted by Crippen LogP contribution is -2.36. The first-order valence-electron chi connectivity index (χ1n) is 7.97. The highest BCUT2D eigenvalue weighted by atomic mass is 32.2. The number of thiophene rings is 1. The predicted octanol–water partition coefficient (Wildman–Crippen LogP) is 4.03. The normalized spacial score (nSPS) is 22.2. The highest BCUT2D eigenvalue weighted by Gasteiger charge is 2.42. The van der Waals surface area contributed by atoms with Crippen molar-refractivity contribution in [3.05, 3.63) is 33.2 Å². The lowest BCUT2D eigenvalue weighted by Gasteiger charge is -2.38. The Labute approximate surface area is 149 Å². The molecule has 0 aromatic carbocycles. The molecule has 0 bridgehead atoms. The Balaban J connectivity index is 1.93. The van der Waals surface area contributed by atoms with Crippen LogP contribution in [0.5, 0.6) is 0 Å². The van der Waals surface area contributed by atoms with Crippen molar-refractivity contribution in [2.24, 2.45) is 5.41 Å². The number of hydrogen-bond donors (Lipinski definition) is 1. The van der Waals surface area contributed by atoms with Crippen molar-refractivity contribution in [2.45, 2.75) is 44.8 Å². The van der Waals surface area contributed by atoms with Gasteiger partial charge in [-0.05, 0) is 42.0 Å². The molecule has 0 radical (unpaired) electrons. The molecule has 2 aromatic heterocycles. The molecule has 4 rings (SSSR count). The van der Waals surface area contributed by atoms with E-state index in [9.17, 15) is 4.79 Å². The van der Waals surface area contributed by atoms with Gasteiger partial charge in [-0.3, -0.25) is 4.79 Å². The summed E-state index contributed by atoms with van der Waals surface area (Å²) < 4.78 is 1.89. The number of nitrogens with zero attached hydrogens (tertiary/aromatic N) is 3. The number of hydrogen-bond acceptors (Lipinski definition) is 6. The largest absolute Gasteiger partial charge is 0.328 e. The number of aromatic nitrogens is 3. The quantitative estimate of drug-likeness (QED) is 0.820. The third-order valence-corrected chi connectivity index (χ3v) is 6.25. The number of nitrogens with one attached hydrogen (secondary N) is 1. The molecule has 1 unspecified atom stereocenters. The number of carbonyl (C=O) groups is 1. The molecule has 3 heterocycles. The van der Waals surface area contributed by atoms with Gasteiger partial charge in [0.1, 0.15) is 6.04 Å². The number of allylic oxidation sites excluding steroid dienone is 2. The van der Waals surface area contributed by atoms with Gasteiger partial charge in [0.25, 0.3) is 0 Å². The van der Waals surface area contributed by atoms with E-state index in [1.807, 2.05) is 10.9 Å². The molecule has 2 aromatic rings. The van der Waals surface area contributed by atoms with Gasteiger partial charge in [-0.2, -0.15) is 4.98 Å². The van der Waals surface area contributed by atoms with Gasteiger partial charge >= 0.3 is 0 Å². The number of carbonyl (C=O) groups excluding carboxylic acids is 1. The van der Waals surface area contributed by atoms with E-state index in [-0.39, 0.29) is 17.2 Å². The van der Waals surface area contributed by atoms with Gasteiger partial charge in [0.05, 0.1) is 0 Å². The first kappa shape index (κ1) is 15.9. The van der Waals surface area contributed by atoms with E-state index in [1.165, 1.54) is 22.2 Å². The summed E-state index contributed by atoms with van der Waals surface area (Å²) in [5, 5.41) is 10.8. The molecule has 7 heteroatoms. The minimum Gasteiger partial charge on any atom is -0.328 e. The topological polar surface area (TPSA) is 59.8 Å². The van der Waals surface area contributed by atoms with Crippen LogP contribution in [-0.4, -0.2) is 26.8 Å². The molecular weight excluding hydrogens is 340 g/mol. The molecule has 1 N–H and O–H groups in total. The third-order valence-electron chi connectivity index (χ3n) is 4.65. The van der Waals surface area contributed by atoms with E-state index in [4.69, 9.17) is 0 Å². The Morgan fingerprint density at radius 3 is 2.88 bits per heavy atom. The minimum atomic E-state index is -0.159.